The van der Waals surface area contributed by atoms with Gasteiger partial charge in [0.15, 0.2) is 0 Å². The minimum absolute atomic E-state index is 0.0219. The van der Waals surface area contributed by atoms with Gasteiger partial charge in [0.2, 0.25) is 5.91 Å². The molecule has 0 unspecified atom stereocenters. The van der Waals surface area contributed by atoms with Gasteiger partial charge >= 0.3 is 0 Å². The third-order valence-corrected chi connectivity index (χ3v) is 2.36. The van der Waals surface area contributed by atoms with Crippen molar-refractivity contribution in [1.82, 2.24) is 5.43 Å². The lowest BCUT2D eigenvalue weighted by Crippen LogP contribution is -2.12. The number of carbonyl (C=O) groups is 1. The molecular formula is C10H10BrN3O3. The maximum Gasteiger partial charge on any atom is 0.274 e. The number of nitrogens with zero attached hydrogens (tertiary/aromatic N) is 2. The summed E-state index contributed by atoms with van der Waals surface area (Å²) < 4.78 is 0.645. The Morgan fingerprint density at radius 3 is 2.94 bits per heavy atom. The summed E-state index contributed by atoms with van der Waals surface area (Å²) in [6.07, 6.45) is 1.70. The molecule has 90 valence electrons. The van der Waals surface area contributed by atoms with Gasteiger partial charge in [-0.15, -0.1) is 0 Å². The fourth-order valence-corrected chi connectivity index (χ4v) is 1.51. The second kappa shape index (κ2) is 6.09. The normalized spacial score (nSPS) is 10.5. The van der Waals surface area contributed by atoms with Crippen LogP contribution in [0.15, 0.2) is 27.8 Å². The number of benzene rings is 1. The summed E-state index contributed by atoms with van der Waals surface area (Å²) in [5.41, 5.74) is 2.78. The molecule has 0 fully saturated rings. The smallest absolute Gasteiger partial charge is 0.274 e. The number of nitrogens with one attached hydrogen (secondary N) is 1. The van der Waals surface area contributed by atoms with Crippen molar-refractivity contribution in [3.8, 4) is 0 Å². The van der Waals surface area contributed by atoms with Crippen LogP contribution in [0.5, 0.6) is 0 Å². The molecule has 0 heterocycles. The summed E-state index contributed by atoms with van der Waals surface area (Å²) in [5.74, 6) is -0.286. The maximum atomic E-state index is 10.8. The van der Waals surface area contributed by atoms with Crippen LogP contribution < -0.4 is 5.43 Å². The Labute approximate surface area is 106 Å². The molecule has 0 saturated heterocycles. The lowest BCUT2D eigenvalue weighted by atomic mass is 10.1. The molecule has 1 aromatic carbocycles. The van der Waals surface area contributed by atoms with Crippen molar-refractivity contribution in [3.63, 3.8) is 0 Å². The molecule has 1 rings (SSSR count). The molecular weight excluding hydrogens is 290 g/mol. The molecule has 1 aromatic rings. The first-order valence-corrected chi connectivity index (χ1v) is 5.51. The second-order valence-corrected chi connectivity index (χ2v) is 4.13. The monoisotopic (exact) mass is 299 g/mol. The number of hydrazone groups is 1. The molecule has 0 atom stereocenters. The number of carbonyl (C=O) groups excluding carboxylic acids is 1. The Hall–Kier alpha value is -1.76. The molecule has 17 heavy (non-hydrogen) atoms. The number of hydrogen-bond donors (Lipinski definition) is 1. The van der Waals surface area contributed by atoms with Gasteiger partial charge < -0.3 is 0 Å². The van der Waals surface area contributed by atoms with Crippen molar-refractivity contribution in [3.05, 3.63) is 38.3 Å². The van der Waals surface area contributed by atoms with Crippen LogP contribution in [0.3, 0.4) is 0 Å². The summed E-state index contributed by atoms with van der Waals surface area (Å²) in [5, 5.41) is 14.4. The lowest BCUT2D eigenvalue weighted by molar-refractivity contribution is -0.385. The fraction of sp³-hybridized carbons (Fsp3) is 0.200. The standard InChI is InChI=1S/C10H10BrN3O3/c1-7(15)13-12-5-4-8-2-3-9(11)6-10(8)14(16)17/h2-3,5-6H,4H2,1H3,(H,13,15). The van der Waals surface area contributed by atoms with E-state index < -0.39 is 4.92 Å². The van der Waals surface area contributed by atoms with E-state index in [0.717, 1.165) is 0 Å². The zero-order valence-electron chi connectivity index (χ0n) is 9.01. The van der Waals surface area contributed by atoms with E-state index in [-0.39, 0.29) is 18.0 Å². The van der Waals surface area contributed by atoms with Crippen LogP contribution in [0.2, 0.25) is 0 Å². The van der Waals surface area contributed by atoms with Crippen molar-refractivity contribution in [1.29, 1.82) is 0 Å². The van der Waals surface area contributed by atoms with E-state index in [1.54, 1.807) is 12.1 Å². The molecule has 0 spiro atoms. The first kappa shape index (κ1) is 13.3. The minimum Gasteiger partial charge on any atom is -0.274 e. The van der Waals surface area contributed by atoms with Gasteiger partial charge in [-0.25, -0.2) is 5.43 Å². The van der Waals surface area contributed by atoms with Crippen LogP contribution in [0, 0.1) is 10.1 Å². The fourth-order valence-electron chi connectivity index (χ4n) is 1.16. The Morgan fingerprint density at radius 1 is 1.65 bits per heavy atom. The molecule has 0 bridgehead atoms. The quantitative estimate of drug-likeness (QED) is 0.524. The van der Waals surface area contributed by atoms with E-state index in [4.69, 9.17) is 0 Å². The second-order valence-electron chi connectivity index (χ2n) is 3.21. The Balaban J connectivity index is 2.80. The number of rotatable bonds is 4. The Bertz CT molecular complexity index is 474. The maximum absolute atomic E-state index is 10.8. The average molecular weight is 300 g/mol. The summed E-state index contributed by atoms with van der Waals surface area (Å²) >= 11 is 3.17. The molecule has 0 aliphatic carbocycles. The Morgan fingerprint density at radius 2 is 2.35 bits per heavy atom. The number of nitro benzene ring substituents is 1. The summed E-state index contributed by atoms with van der Waals surface area (Å²) in [6, 6.07) is 4.79. The number of nitro groups is 1. The van der Waals surface area contributed by atoms with Crippen molar-refractivity contribution in [2.24, 2.45) is 5.10 Å². The summed E-state index contributed by atoms with van der Waals surface area (Å²) in [6.45, 7) is 1.33. The van der Waals surface area contributed by atoms with E-state index in [2.05, 4.69) is 26.5 Å². The number of hydrogen-bond acceptors (Lipinski definition) is 4. The molecule has 0 aliphatic rings. The molecule has 1 amide bonds. The van der Waals surface area contributed by atoms with Crippen LogP contribution in [-0.4, -0.2) is 17.0 Å². The molecule has 0 saturated carbocycles. The first-order chi connectivity index (χ1) is 8.00. The molecule has 0 aromatic heterocycles. The van der Waals surface area contributed by atoms with Crippen LogP contribution in [0.4, 0.5) is 5.69 Å². The Kier molecular flexibility index (Phi) is 4.77. The van der Waals surface area contributed by atoms with E-state index in [1.165, 1.54) is 19.2 Å². The van der Waals surface area contributed by atoms with Crippen LogP contribution in [0.25, 0.3) is 0 Å². The SMILES string of the molecule is CC(=O)NN=CCc1ccc(Br)cc1[N+](=O)[O-]. The molecule has 0 radical (unpaired) electrons. The topological polar surface area (TPSA) is 84.6 Å². The van der Waals surface area contributed by atoms with Gasteiger partial charge in [-0.1, -0.05) is 22.0 Å². The van der Waals surface area contributed by atoms with Crippen molar-refractivity contribution < 1.29 is 9.72 Å². The van der Waals surface area contributed by atoms with E-state index in [1.807, 2.05) is 0 Å². The van der Waals surface area contributed by atoms with Crippen LogP contribution in [0.1, 0.15) is 12.5 Å². The third-order valence-electron chi connectivity index (χ3n) is 1.87. The predicted molar refractivity (Wildman–Crippen MR) is 66.8 cm³/mol. The molecule has 1 N–H and O–H groups in total. The molecule has 0 aliphatic heterocycles. The molecule has 6 nitrogen and oxygen atoms in total. The zero-order valence-corrected chi connectivity index (χ0v) is 10.6. The zero-order chi connectivity index (χ0) is 12.8. The van der Waals surface area contributed by atoms with Gasteiger partial charge in [0.05, 0.1) is 4.92 Å². The summed E-state index contributed by atoms with van der Waals surface area (Å²) in [7, 11) is 0. The summed E-state index contributed by atoms with van der Waals surface area (Å²) in [4.78, 5) is 20.9. The number of amides is 1. The van der Waals surface area contributed by atoms with E-state index in [9.17, 15) is 14.9 Å². The van der Waals surface area contributed by atoms with Gasteiger partial charge in [0.25, 0.3) is 5.69 Å². The van der Waals surface area contributed by atoms with Gasteiger partial charge in [0.1, 0.15) is 0 Å². The van der Waals surface area contributed by atoms with Crippen molar-refractivity contribution >= 4 is 33.7 Å². The lowest BCUT2D eigenvalue weighted by Gasteiger charge is -2.00. The highest BCUT2D eigenvalue weighted by Gasteiger charge is 2.12. The van der Waals surface area contributed by atoms with Gasteiger partial charge in [-0.2, -0.15) is 5.10 Å². The third kappa shape index (κ3) is 4.31. The average Bonchev–Trinajstić information content (AvgIpc) is 2.25. The van der Waals surface area contributed by atoms with E-state index in [0.29, 0.717) is 10.0 Å². The van der Waals surface area contributed by atoms with Crippen molar-refractivity contribution in [2.45, 2.75) is 13.3 Å². The first-order valence-electron chi connectivity index (χ1n) is 4.71. The molecule has 7 heteroatoms. The minimum atomic E-state index is -0.452. The van der Waals surface area contributed by atoms with Crippen LogP contribution >= 0.6 is 15.9 Å². The number of halogens is 1. The van der Waals surface area contributed by atoms with Gasteiger partial charge in [-0.05, 0) is 6.07 Å². The largest absolute Gasteiger partial charge is 0.274 e. The van der Waals surface area contributed by atoms with Gasteiger partial charge in [0, 0.05) is 35.7 Å². The highest BCUT2D eigenvalue weighted by atomic mass is 79.9. The highest BCUT2D eigenvalue weighted by Crippen LogP contribution is 2.23. The van der Waals surface area contributed by atoms with Gasteiger partial charge in [-0.3, -0.25) is 14.9 Å². The predicted octanol–water partition coefficient (Wildman–Crippen LogP) is 2.02. The van der Waals surface area contributed by atoms with Crippen LogP contribution in [-0.2, 0) is 11.2 Å². The highest BCUT2D eigenvalue weighted by molar-refractivity contribution is 9.10. The van der Waals surface area contributed by atoms with E-state index >= 15 is 0 Å². The van der Waals surface area contributed by atoms with Crippen molar-refractivity contribution in [2.75, 3.05) is 0 Å².